The van der Waals surface area contributed by atoms with E-state index < -0.39 is 23.9 Å². The predicted molar refractivity (Wildman–Crippen MR) is 128 cm³/mol. The number of para-hydroxylation sites is 1. The number of ether oxygens (including phenoxy) is 2. The van der Waals surface area contributed by atoms with Gasteiger partial charge in [0.1, 0.15) is 5.00 Å². The van der Waals surface area contributed by atoms with Gasteiger partial charge >= 0.3 is 11.9 Å². The van der Waals surface area contributed by atoms with Gasteiger partial charge in [-0.05, 0) is 63.1 Å². The van der Waals surface area contributed by atoms with Crippen LogP contribution in [0.3, 0.4) is 0 Å². The van der Waals surface area contributed by atoms with Crippen molar-refractivity contribution in [1.82, 2.24) is 4.98 Å². The Morgan fingerprint density at radius 3 is 2.79 bits per heavy atom. The highest BCUT2D eigenvalue weighted by Crippen LogP contribution is 2.38. The van der Waals surface area contributed by atoms with Crippen LogP contribution >= 0.6 is 11.3 Å². The molecule has 3 aromatic rings. The maximum Gasteiger partial charge on any atom is 0.341 e. The first kappa shape index (κ1) is 23.0. The molecule has 4 rings (SSSR count). The molecule has 0 bridgehead atoms. The number of fused-ring (bicyclic) bond motifs is 2. The van der Waals surface area contributed by atoms with Gasteiger partial charge < -0.3 is 19.8 Å². The van der Waals surface area contributed by atoms with Crippen molar-refractivity contribution in [3.63, 3.8) is 0 Å². The van der Waals surface area contributed by atoms with Gasteiger partial charge in [0.15, 0.2) is 6.10 Å². The summed E-state index contributed by atoms with van der Waals surface area (Å²) in [5.74, 6) is -1.32. The lowest BCUT2D eigenvalue weighted by Gasteiger charge is -2.14. The lowest BCUT2D eigenvalue weighted by atomic mass is 9.95. The van der Waals surface area contributed by atoms with E-state index in [0.717, 1.165) is 52.6 Å². The minimum Gasteiger partial charge on any atom is -0.462 e. The summed E-state index contributed by atoms with van der Waals surface area (Å²) in [6.45, 7) is 3.56. The van der Waals surface area contributed by atoms with Gasteiger partial charge in [0, 0.05) is 28.4 Å². The standard InChI is InChI=1S/C25H28N2O5S/c1-3-31-25(30)22-18-9-5-7-11-20(18)33-24(22)27-23(29)15(2)32-21(28)13-12-16-14-26-19-10-6-4-8-17(16)19/h4,6,8,10,14-15,26H,3,5,7,9,11-13H2,1-2H3,(H,27,29). The number of hydrogen-bond acceptors (Lipinski definition) is 6. The number of benzene rings is 1. The number of rotatable bonds is 8. The molecule has 1 aromatic carbocycles. The normalized spacial score (nSPS) is 13.9. The molecule has 1 atom stereocenters. The highest BCUT2D eigenvalue weighted by molar-refractivity contribution is 7.17. The topological polar surface area (TPSA) is 97.5 Å². The van der Waals surface area contributed by atoms with Crippen LogP contribution in [0.5, 0.6) is 0 Å². The number of amides is 1. The van der Waals surface area contributed by atoms with E-state index in [1.807, 2.05) is 30.5 Å². The van der Waals surface area contributed by atoms with Crippen LogP contribution < -0.4 is 5.32 Å². The predicted octanol–water partition coefficient (Wildman–Crippen LogP) is 4.79. The largest absolute Gasteiger partial charge is 0.462 e. The maximum absolute atomic E-state index is 12.8. The van der Waals surface area contributed by atoms with E-state index in [-0.39, 0.29) is 13.0 Å². The van der Waals surface area contributed by atoms with Gasteiger partial charge in [-0.15, -0.1) is 11.3 Å². The minimum absolute atomic E-state index is 0.168. The molecule has 0 radical (unpaired) electrons. The van der Waals surface area contributed by atoms with E-state index in [1.165, 1.54) is 18.3 Å². The molecule has 7 nitrogen and oxygen atoms in total. The molecule has 0 saturated heterocycles. The van der Waals surface area contributed by atoms with Crippen molar-refractivity contribution in [3.8, 4) is 0 Å². The number of anilines is 1. The van der Waals surface area contributed by atoms with Gasteiger partial charge in [-0.3, -0.25) is 9.59 Å². The summed E-state index contributed by atoms with van der Waals surface area (Å²) >= 11 is 1.41. The number of carbonyl (C=O) groups excluding carboxylic acids is 3. The lowest BCUT2D eigenvalue weighted by molar-refractivity contribution is -0.153. The van der Waals surface area contributed by atoms with Crippen LogP contribution in [0.2, 0.25) is 0 Å². The summed E-state index contributed by atoms with van der Waals surface area (Å²) in [6, 6.07) is 7.90. The molecule has 1 unspecified atom stereocenters. The SMILES string of the molecule is CCOC(=O)c1c(NC(=O)C(C)OC(=O)CCc2c[nH]c3ccccc23)sc2c1CCCC2. The molecule has 2 N–H and O–H groups in total. The molecule has 0 aliphatic heterocycles. The van der Waals surface area contributed by atoms with Crippen LogP contribution in [0, 0.1) is 0 Å². The molecular weight excluding hydrogens is 440 g/mol. The van der Waals surface area contributed by atoms with Crippen LogP contribution in [0.25, 0.3) is 10.9 Å². The van der Waals surface area contributed by atoms with E-state index in [0.29, 0.717) is 17.0 Å². The summed E-state index contributed by atoms with van der Waals surface area (Å²) in [5, 5.41) is 4.35. The van der Waals surface area contributed by atoms with E-state index in [9.17, 15) is 14.4 Å². The van der Waals surface area contributed by atoms with Gasteiger partial charge in [-0.1, -0.05) is 18.2 Å². The van der Waals surface area contributed by atoms with Gasteiger partial charge in [-0.2, -0.15) is 0 Å². The van der Waals surface area contributed by atoms with Crippen LogP contribution in [-0.4, -0.2) is 35.5 Å². The Balaban J connectivity index is 1.38. The van der Waals surface area contributed by atoms with E-state index in [2.05, 4.69) is 10.3 Å². The number of thiophene rings is 1. The van der Waals surface area contributed by atoms with Gasteiger partial charge in [0.2, 0.25) is 0 Å². The van der Waals surface area contributed by atoms with Crippen LogP contribution in [0.4, 0.5) is 5.00 Å². The summed E-state index contributed by atoms with van der Waals surface area (Å²) in [6.07, 6.45) is 5.36. The van der Waals surface area contributed by atoms with Crippen molar-refractivity contribution < 1.29 is 23.9 Å². The summed E-state index contributed by atoms with van der Waals surface area (Å²) in [4.78, 5) is 42.0. The maximum atomic E-state index is 12.8. The molecule has 2 heterocycles. The Morgan fingerprint density at radius 1 is 1.18 bits per heavy atom. The van der Waals surface area contributed by atoms with Crippen molar-refractivity contribution in [3.05, 3.63) is 52.0 Å². The molecule has 1 amide bonds. The third kappa shape index (κ3) is 5.11. The zero-order valence-electron chi connectivity index (χ0n) is 18.9. The summed E-state index contributed by atoms with van der Waals surface area (Å²) < 4.78 is 10.6. The third-order valence-electron chi connectivity index (χ3n) is 5.84. The Bertz CT molecular complexity index is 1180. The Hall–Kier alpha value is -3.13. The second kappa shape index (κ2) is 10.2. The number of carbonyl (C=O) groups is 3. The zero-order chi connectivity index (χ0) is 23.4. The Labute approximate surface area is 196 Å². The van der Waals surface area contributed by atoms with Crippen LogP contribution in [0.1, 0.15) is 59.5 Å². The zero-order valence-corrected chi connectivity index (χ0v) is 19.7. The molecule has 174 valence electrons. The highest BCUT2D eigenvalue weighted by atomic mass is 32.1. The number of aromatic amines is 1. The van der Waals surface area contributed by atoms with E-state index in [1.54, 1.807) is 6.92 Å². The van der Waals surface area contributed by atoms with E-state index >= 15 is 0 Å². The number of esters is 2. The lowest BCUT2D eigenvalue weighted by Crippen LogP contribution is -2.30. The first-order valence-electron chi connectivity index (χ1n) is 11.3. The third-order valence-corrected chi connectivity index (χ3v) is 7.05. The monoisotopic (exact) mass is 468 g/mol. The quantitative estimate of drug-likeness (QED) is 0.464. The van der Waals surface area contributed by atoms with Crippen LogP contribution in [-0.2, 0) is 38.3 Å². The molecule has 33 heavy (non-hydrogen) atoms. The Morgan fingerprint density at radius 2 is 1.97 bits per heavy atom. The van der Waals surface area contributed by atoms with E-state index in [4.69, 9.17) is 9.47 Å². The molecule has 1 aliphatic carbocycles. The van der Waals surface area contributed by atoms with Crippen molar-refractivity contribution in [2.45, 2.75) is 58.5 Å². The first-order valence-corrected chi connectivity index (χ1v) is 12.2. The van der Waals surface area contributed by atoms with Crippen molar-refractivity contribution in [1.29, 1.82) is 0 Å². The average Bonchev–Trinajstić information content (AvgIpc) is 3.38. The second-order valence-electron chi connectivity index (χ2n) is 8.12. The minimum atomic E-state index is -0.977. The number of hydrogen-bond donors (Lipinski definition) is 2. The second-order valence-corrected chi connectivity index (χ2v) is 9.22. The Kier molecular flexibility index (Phi) is 7.13. The fourth-order valence-electron chi connectivity index (χ4n) is 4.17. The number of H-pyrrole nitrogens is 1. The summed E-state index contributed by atoms with van der Waals surface area (Å²) in [5.41, 5.74) is 3.47. The summed E-state index contributed by atoms with van der Waals surface area (Å²) in [7, 11) is 0. The molecule has 8 heteroatoms. The fourth-order valence-corrected chi connectivity index (χ4v) is 5.45. The van der Waals surface area contributed by atoms with Crippen molar-refractivity contribution >= 4 is 45.1 Å². The van der Waals surface area contributed by atoms with Crippen molar-refractivity contribution in [2.24, 2.45) is 0 Å². The number of nitrogens with one attached hydrogen (secondary N) is 2. The number of aromatic nitrogens is 1. The molecule has 0 fully saturated rings. The van der Waals surface area contributed by atoms with Crippen LogP contribution in [0.15, 0.2) is 30.5 Å². The fraction of sp³-hybridized carbons (Fsp3) is 0.400. The molecule has 1 aliphatic rings. The molecule has 2 aromatic heterocycles. The van der Waals surface area contributed by atoms with Gasteiger partial charge in [-0.25, -0.2) is 4.79 Å². The van der Waals surface area contributed by atoms with Gasteiger partial charge in [0.25, 0.3) is 5.91 Å². The number of aryl methyl sites for hydroxylation is 2. The first-order chi connectivity index (χ1) is 16.0. The van der Waals surface area contributed by atoms with Crippen molar-refractivity contribution in [2.75, 3.05) is 11.9 Å². The molecular formula is C25H28N2O5S. The highest BCUT2D eigenvalue weighted by Gasteiger charge is 2.28. The molecule has 0 spiro atoms. The average molecular weight is 469 g/mol. The molecule has 0 saturated carbocycles. The smallest absolute Gasteiger partial charge is 0.341 e. The van der Waals surface area contributed by atoms with Gasteiger partial charge in [0.05, 0.1) is 12.2 Å².